The van der Waals surface area contributed by atoms with Crippen LogP contribution in [-0.4, -0.2) is 29.4 Å². The average molecular weight is 507 g/mol. The van der Waals surface area contributed by atoms with E-state index in [1.54, 1.807) is 17.0 Å². The van der Waals surface area contributed by atoms with Crippen molar-refractivity contribution in [1.29, 1.82) is 0 Å². The lowest BCUT2D eigenvalue weighted by Crippen LogP contribution is -2.39. The van der Waals surface area contributed by atoms with E-state index >= 15 is 0 Å². The molecule has 0 N–H and O–H groups in total. The maximum absolute atomic E-state index is 13.8. The number of ether oxygens (including phenoxy) is 2. The van der Waals surface area contributed by atoms with E-state index in [1.165, 1.54) is 11.3 Å². The van der Waals surface area contributed by atoms with Crippen LogP contribution in [0, 0.1) is 5.92 Å². The number of hydrogen-bond acceptors (Lipinski definition) is 6. The summed E-state index contributed by atoms with van der Waals surface area (Å²) in [7, 11) is 0. The molecule has 0 radical (unpaired) electrons. The minimum atomic E-state index is -0.642. The highest BCUT2D eigenvalue weighted by molar-refractivity contribution is 7.22. The normalized spacial score (nSPS) is 23.8. The van der Waals surface area contributed by atoms with Gasteiger partial charge >= 0.3 is 0 Å². The van der Waals surface area contributed by atoms with Gasteiger partial charge in [0.25, 0.3) is 5.91 Å². The van der Waals surface area contributed by atoms with Crippen molar-refractivity contribution in [3.05, 3.63) is 77.0 Å². The van der Waals surface area contributed by atoms with Gasteiger partial charge in [-0.15, -0.1) is 0 Å². The number of Topliss-reactive ketones (excluding diaryl/α,β-unsaturated/α-hetero) is 1. The van der Waals surface area contributed by atoms with Gasteiger partial charge in [0, 0.05) is 5.02 Å². The number of thiazole rings is 1. The highest BCUT2D eigenvalue weighted by atomic mass is 35.5. The van der Waals surface area contributed by atoms with Gasteiger partial charge in [0.1, 0.15) is 18.5 Å². The molecule has 1 saturated carbocycles. The summed E-state index contributed by atoms with van der Waals surface area (Å²) in [6, 6.07) is 12.3. The lowest BCUT2D eigenvalue weighted by molar-refractivity contribution is -0.131. The molecule has 1 aliphatic carbocycles. The van der Waals surface area contributed by atoms with Crippen LogP contribution in [0.4, 0.5) is 5.13 Å². The molecule has 1 amide bonds. The van der Waals surface area contributed by atoms with Gasteiger partial charge < -0.3 is 9.47 Å². The predicted octanol–water partition coefficient (Wildman–Crippen LogP) is 6.01. The number of halogens is 1. The molecule has 0 bridgehead atoms. The Bertz CT molecular complexity index is 1400. The Morgan fingerprint density at radius 1 is 1.20 bits per heavy atom. The number of carbonyl (C=O) groups is 2. The number of aromatic nitrogens is 1. The molecule has 1 fully saturated rings. The monoisotopic (exact) mass is 506 g/mol. The van der Waals surface area contributed by atoms with E-state index in [4.69, 9.17) is 26.1 Å². The Morgan fingerprint density at radius 2 is 2.06 bits per heavy atom. The van der Waals surface area contributed by atoms with Gasteiger partial charge in [-0.2, -0.15) is 0 Å². The Kier molecular flexibility index (Phi) is 5.61. The van der Waals surface area contributed by atoms with Crippen molar-refractivity contribution in [2.45, 2.75) is 37.8 Å². The van der Waals surface area contributed by atoms with Crippen LogP contribution >= 0.6 is 22.9 Å². The van der Waals surface area contributed by atoms with Crippen LogP contribution < -0.4 is 9.64 Å². The second-order valence-corrected chi connectivity index (χ2v) is 10.5. The zero-order valence-corrected chi connectivity index (χ0v) is 20.5. The molecule has 2 aromatic carbocycles. The van der Waals surface area contributed by atoms with E-state index in [9.17, 15) is 9.59 Å². The number of ketones is 1. The molecular formula is C27H23ClN2O4S. The quantitative estimate of drug-likeness (QED) is 0.396. The number of carbonyl (C=O) groups excluding carboxylic acids is 2. The van der Waals surface area contributed by atoms with Gasteiger partial charge in [0.05, 0.1) is 27.7 Å². The maximum atomic E-state index is 13.8. The molecule has 8 heteroatoms. The zero-order valence-electron chi connectivity index (χ0n) is 18.9. The number of hydrogen-bond donors (Lipinski definition) is 0. The van der Waals surface area contributed by atoms with Crippen molar-refractivity contribution < 1.29 is 19.1 Å². The molecule has 3 heterocycles. The van der Waals surface area contributed by atoms with Crippen molar-refractivity contribution in [2.24, 2.45) is 5.92 Å². The second-order valence-electron chi connectivity index (χ2n) is 9.01. The van der Waals surface area contributed by atoms with Crippen LogP contribution in [0.15, 0.2) is 66.5 Å². The first kappa shape index (κ1) is 22.3. The third-order valence-electron chi connectivity index (χ3n) is 6.85. The molecule has 0 spiro atoms. The minimum Gasteiger partial charge on any atom is -0.490 e. The molecule has 178 valence electrons. The number of amides is 1. The van der Waals surface area contributed by atoms with E-state index in [1.807, 2.05) is 36.4 Å². The second kappa shape index (κ2) is 8.81. The lowest BCUT2D eigenvalue weighted by Gasteiger charge is -2.35. The fourth-order valence-corrected chi connectivity index (χ4v) is 6.54. The summed E-state index contributed by atoms with van der Waals surface area (Å²) < 4.78 is 12.9. The van der Waals surface area contributed by atoms with Gasteiger partial charge in [-0.25, -0.2) is 4.98 Å². The van der Waals surface area contributed by atoms with Crippen LogP contribution in [0.2, 0.25) is 5.02 Å². The summed E-state index contributed by atoms with van der Waals surface area (Å²) in [5.41, 5.74) is 1.94. The molecule has 3 atom stereocenters. The molecule has 35 heavy (non-hydrogen) atoms. The van der Waals surface area contributed by atoms with Gasteiger partial charge in [-0.05, 0) is 55.2 Å². The van der Waals surface area contributed by atoms with E-state index in [0.29, 0.717) is 28.1 Å². The average Bonchev–Trinajstić information content (AvgIpc) is 3.41. The van der Waals surface area contributed by atoms with Crippen molar-refractivity contribution in [2.75, 3.05) is 11.5 Å². The number of rotatable bonds is 5. The van der Waals surface area contributed by atoms with Gasteiger partial charge in [-0.1, -0.05) is 54.1 Å². The van der Waals surface area contributed by atoms with E-state index in [0.717, 1.165) is 41.5 Å². The molecule has 3 unspecified atom stereocenters. The summed E-state index contributed by atoms with van der Waals surface area (Å²) in [6.07, 6.45) is 4.99. The van der Waals surface area contributed by atoms with Crippen LogP contribution in [0.1, 0.15) is 37.3 Å². The Hall–Kier alpha value is -3.16. The van der Waals surface area contributed by atoms with Crippen molar-refractivity contribution in [3.63, 3.8) is 0 Å². The molecular weight excluding hydrogens is 484 g/mol. The van der Waals surface area contributed by atoms with Gasteiger partial charge in [-0.3, -0.25) is 14.5 Å². The van der Waals surface area contributed by atoms with Crippen LogP contribution in [-0.2, 0) is 14.3 Å². The predicted molar refractivity (Wildman–Crippen MR) is 136 cm³/mol. The zero-order chi connectivity index (χ0) is 24.1. The molecule has 1 aromatic heterocycles. The van der Waals surface area contributed by atoms with Crippen molar-refractivity contribution >= 4 is 50.0 Å². The van der Waals surface area contributed by atoms with Crippen LogP contribution in [0.3, 0.4) is 0 Å². The molecule has 3 aromatic rings. The molecule has 6 nitrogen and oxygen atoms in total. The van der Waals surface area contributed by atoms with Gasteiger partial charge in [0.2, 0.25) is 0 Å². The number of fused-ring (bicyclic) bond motifs is 2. The summed E-state index contributed by atoms with van der Waals surface area (Å²) in [4.78, 5) is 34.0. The number of benzene rings is 2. The molecule has 0 saturated heterocycles. The Balaban J connectivity index is 1.49. The Morgan fingerprint density at radius 3 is 2.91 bits per heavy atom. The van der Waals surface area contributed by atoms with E-state index in [2.05, 4.69) is 6.58 Å². The van der Waals surface area contributed by atoms with Crippen LogP contribution in [0.25, 0.3) is 10.2 Å². The third kappa shape index (κ3) is 3.74. The number of nitrogens with zero attached hydrogens (tertiary/aromatic N) is 2. The minimum absolute atomic E-state index is 0.0124. The Labute approximate surface area is 211 Å². The third-order valence-corrected chi connectivity index (χ3v) is 8.10. The first-order chi connectivity index (χ1) is 17.0. The van der Waals surface area contributed by atoms with Gasteiger partial charge in [0.15, 0.2) is 16.7 Å². The van der Waals surface area contributed by atoms with E-state index in [-0.39, 0.29) is 29.5 Å². The topological polar surface area (TPSA) is 68.7 Å². The fourth-order valence-electron chi connectivity index (χ4n) is 5.28. The van der Waals surface area contributed by atoms with E-state index < -0.39 is 6.04 Å². The highest BCUT2D eigenvalue weighted by Gasteiger charge is 2.53. The lowest BCUT2D eigenvalue weighted by atomic mass is 9.77. The fraction of sp³-hybridized carbons (Fsp3) is 0.296. The van der Waals surface area contributed by atoms with Crippen molar-refractivity contribution in [3.8, 4) is 5.75 Å². The molecule has 3 aliphatic rings. The molecule has 2 aliphatic heterocycles. The molecule has 6 rings (SSSR count). The summed E-state index contributed by atoms with van der Waals surface area (Å²) in [5, 5.41) is 1.10. The smallest absolute Gasteiger partial charge is 0.296 e. The van der Waals surface area contributed by atoms with Crippen LogP contribution in [0.5, 0.6) is 5.75 Å². The standard InChI is InChI=1S/C27H23ClN2O4S/c1-2-12-33-17-7-5-6-15(13-17)23-22-24(31)18-8-3-4-9-20(18)34-25(22)26(32)30(23)27-29-19-11-10-16(28)14-21(19)35-27/h2,5-7,10-11,13-14,18,20,23H,1,3-4,8-9,12H2. The maximum Gasteiger partial charge on any atom is 0.296 e. The summed E-state index contributed by atoms with van der Waals surface area (Å²) in [5.74, 6) is 0.271. The SMILES string of the molecule is C=CCOc1cccc(C2C3=C(OC4CCCCC4C3=O)C(=O)N2c2nc3ccc(Cl)cc3s2)c1. The first-order valence-corrected chi connectivity index (χ1v) is 12.9. The van der Waals surface area contributed by atoms with Crippen molar-refractivity contribution in [1.82, 2.24) is 4.98 Å². The largest absolute Gasteiger partial charge is 0.490 e. The highest BCUT2D eigenvalue weighted by Crippen LogP contribution is 2.49. The summed E-state index contributed by atoms with van der Waals surface area (Å²) in [6.45, 7) is 4.06. The first-order valence-electron chi connectivity index (χ1n) is 11.7. The number of anilines is 1. The summed E-state index contributed by atoms with van der Waals surface area (Å²) >= 11 is 7.57.